The highest BCUT2D eigenvalue weighted by Gasteiger charge is 2.28. The molecule has 0 spiro atoms. The van der Waals surface area contributed by atoms with E-state index in [4.69, 9.17) is 4.98 Å². The van der Waals surface area contributed by atoms with Gasteiger partial charge in [-0.3, -0.25) is 4.99 Å². The Morgan fingerprint density at radius 3 is 2.67 bits per heavy atom. The Morgan fingerprint density at radius 2 is 2.12 bits per heavy atom. The summed E-state index contributed by atoms with van der Waals surface area (Å²) < 4.78 is 0.298. The van der Waals surface area contributed by atoms with Crippen LogP contribution in [0, 0.1) is 0 Å². The predicted octanol–water partition coefficient (Wildman–Crippen LogP) is 4.00. The first-order valence-corrected chi connectivity index (χ1v) is 10.1. The summed E-state index contributed by atoms with van der Waals surface area (Å²) >= 11 is 3.81. The van der Waals surface area contributed by atoms with E-state index in [-0.39, 0.29) is 29.4 Å². The standard InChI is InChI=1S/C17H30N4S2.HI/c1-16(2,3)13-11-22-14(20-13)7-8-19-15(18-6)21-9-10-23-17(4,5)12-21;/h11H,7-10,12H2,1-6H3,(H,18,19);1H. The number of nitrogens with zero attached hydrogens (tertiary/aromatic N) is 3. The minimum absolute atomic E-state index is 0. The van der Waals surface area contributed by atoms with E-state index >= 15 is 0 Å². The molecule has 2 rings (SSSR count). The van der Waals surface area contributed by atoms with Gasteiger partial charge in [0.1, 0.15) is 0 Å². The Hall–Kier alpha value is -0.0200. The summed E-state index contributed by atoms with van der Waals surface area (Å²) in [6.07, 6.45) is 0.950. The number of guanidine groups is 1. The molecule has 1 aromatic heterocycles. The SMILES string of the molecule is CN=C(NCCc1nc(C(C)(C)C)cs1)N1CCSC(C)(C)C1.I. The molecule has 2 heterocycles. The number of hydrogen-bond acceptors (Lipinski definition) is 4. The molecule has 0 bridgehead atoms. The van der Waals surface area contributed by atoms with Gasteiger partial charge in [-0.25, -0.2) is 4.98 Å². The van der Waals surface area contributed by atoms with E-state index in [1.165, 1.54) is 10.7 Å². The van der Waals surface area contributed by atoms with E-state index < -0.39 is 0 Å². The second-order valence-electron chi connectivity index (χ2n) is 7.63. The van der Waals surface area contributed by atoms with Gasteiger partial charge in [-0.2, -0.15) is 11.8 Å². The first-order valence-electron chi connectivity index (χ1n) is 8.26. The molecule has 1 N–H and O–H groups in total. The van der Waals surface area contributed by atoms with Crippen LogP contribution in [0.5, 0.6) is 0 Å². The summed E-state index contributed by atoms with van der Waals surface area (Å²) in [6, 6.07) is 0. The van der Waals surface area contributed by atoms with E-state index in [9.17, 15) is 0 Å². The Bertz CT molecular complexity index is 549. The summed E-state index contributed by atoms with van der Waals surface area (Å²) in [4.78, 5) is 11.6. The molecule has 0 amide bonds. The molecule has 1 aliphatic heterocycles. The van der Waals surface area contributed by atoms with Crippen LogP contribution in [0.4, 0.5) is 0 Å². The lowest BCUT2D eigenvalue weighted by Crippen LogP contribution is -2.51. The molecule has 0 unspecified atom stereocenters. The average molecular weight is 483 g/mol. The van der Waals surface area contributed by atoms with Crippen molar-refractivity contribution in [2.24, 2.45) is 4.99 Å². The molecule has 138 valence electrons. The maximum atomic E-state index is 4.76. The highest BCUT2D eigenvalue weighted by Crippen LogP contribution is 2.29. The number of thiazole rings is 1. The van der Waals surface area contributed by atoms with Crippen LogP contribution in [0.2, 0.25) is 0 Å². The molecular formula is C17H31IN4S2. The van der Waals surface area contributed by atoms with E-state index in [1.807, 2.05) is 18.8 Å². The van der Waals surface area contributed by atoms with Gasteiger partial charge in [-0.1, -0.05) is 20.8 Å². The third kappa shape index (κ3) is 6.37. The van der Waals surface area contributed by atoms with Crippen LogP contribution in [0.15, 0.2) is 10.4 Å². The van der Waals surface area contributed by atoms with Crippen molar-refractivity contribution in [2.45, 2.75) is 51.2 Å². The van der Waals surface area contributed by atoms with Gasteiger partial charge in [0.05, 0.1) is 10.7 Å². The van der Waals surface area contributed by atoms with E-state index in [1.54, 1.807) is 11.3 Å². The molecule has 0 aromatic carbocycles. The molecule has 1 fully saturated rings. The van der Waals surface area contributed by atoms with E-state index in [2.05, 4.69) is 55.2 Å². The molecule has 4 nitrogen and oxygen atoms in total. The van der Waals surface area contributed by atoms with Gasteiger partial charge in [0.2, 0.25) is 0 Å². The Kier molecular flexibility index (Phi) is 8.33. The highest BCUT2D eigenvalue weighted by atomic mass is 127. The Balaban J connectivity index is 0.00000288. The molecule has 24 heavy (non-hydrogen) atoms. The Morgan fingerprint density at radius 1 is 1.42 bits per heavy atom. The summed E-state index contributed by atoms with van der Waals surface area (Å²) in [7, 11) is 1.87. The lowest BCUT2D eigenvalue weighted by atomic mass is 9.93. The van der Waals surface area contributed by atoms with Gasteiger partial charge >= 0.3 is 0 Å². The molecule has 0 atom stereocenters. The summed E-state index contributed by atoms with van der Waals surface area (Å²) in [6.45, 7) is 14.2. The quantitative estimate of drug-likeness (QED) is 0.402. The largest absolute Gasteiger partial charge is 0.356 e. The zero-order valence-electron chi connectivity index (χ0n) is 15.7. The highest BCUT2D eigenvalue weighted by molar-refractivity contribution is 14.0. The van der Waals surface area contributed by atoms with Crippen LogP contribution in [-0.2, 0) is 11.8 Å². The number of aromatic nitrogens is 1. The average Bonchev–Trinajstić information content (AvgIpc) is 2.91. The van der Waals surface area contributed by atoms with Crippen LogP contribution < -0.4 is 5.32 Å². The normalized spacial score (nSPS) is 18.2. The van der Waals surface area contributed by atoms with Gasteiger partial charge in [0, 0.05) is 54.4 Å². The minimum atomic E-state index is 0. The first-order chi connectivity index (χ1) is 10.7. The predicted molar refractivity (Wildman–Crippen MR) is 119 cm³/mol. The molecule has 0 saturated carbocycles. The van der Waals surface area contributed by atoms with Gasteiger partial charge in [-0.05, 0) is 13.8 Å². The van der Waals surface area contributed by atoms with Crippen molar-refractivity contribution in [1.29, 1.82) is 0 Å². The molecule has 7 heteroatoms. The monoisotopic (exact) mass is 482 g/mol. The van der Waals surface area contributed by atoms with Crippen molar-refractivity contribution >= 4 is 53.0 Å². The molecule has 0 aliphatic carbocycles. The number of nitrogens with one attached hydrogen (secondary N) is 1. The number of halogens is 1. The second kappa shape index (κ2) is 9.07. The third-order valence-corrected chi connectivity index (χ3v) is 6.08. The maximum Gasteiger partial charge on any atom is 0.193 e. The van der Waals surface area contributed by atoms with Gasteiger partial charge in [0.15, 0.2) is 5.96 Å². The number of hydrogen-bond donors (Lipinski definition) is 1. The lowest BCUT2D eigenvalue weighted by Gasteiger charge is -2.39. The fourth-order valence-corrected chi connectivity index (χ4v) is 4.72. The molecule has 1 aliphatic rings. The minimum Gasteiger partial charge on any atom is -0.356 e. The van der Waals surface area contributed by atoms with Gasteiger partial charge in [-0.15, -0.1) is 35.3 Å². The number of rotatable bonds is 3. The Labute approximate surface area is 172 Å². The van der Waals surface area contributed by atoms with Crippen molar-refractivity contribution in [2.75, 3.05) is 32.4 Å². The zero-order chi connectivity index (χ0) is 17.1. The summed E-state index contributed by atoms with van der Waals surface area (Å²) in [5.41, 5.74) is 1.33. The topological polar surface area (TPSA) is 40.5 Å². The zero-order valence-corrected chi connectivity index (χ0v) is 19.6. The van der Waals surface area contributed by atoms with Crippen LogP contribution in [0.1, 0.15) is 45.3 Å². The lowest BCUT2D eigenvalue weighted by molar-refractivity contribution is 0.376. The van der Waals surface area contributed by atoms with Crippen molar-refractivity contribution in [3.8, 4) is 0 Å². The van der Waals surface area contributed by atoms with Crippen LogP contribution >= 0.6 is 47.1 Å². The third-order valence-electron chi connectivity index (χ3n) is 3.88. The van der Waals surface area contributed by atoms with Gasteiger partial charge in [0.25, 0.3) is 0 Å². The van der Waals surface area contributed by atoms with Crippen LogP contribution in [0.3, 0.4) is 0 Å². The molecule has 1 saturated heterocycles. The van der Waals surface area contributed by atoms with Crippen molar-refractivity contribution in [3.63, 3.8) is 0 Å². The second-order valence-corrected chi connectivity index (χ2v) is 10.4. The van der Waals surface area contributed by atoms with E-state index in [0.717, 1.165) is 37.8 Å². The fraction of sp³-hybridized carbons (Fsp3) is 0.765. The molecule has 0 radical (unpaired) electrons. The number of thioether (sulfide) groups is 1. The van der Waals surface area contributed by atoms with Crippen LogP contribution in [0.25, 0.3) is 0 Å². The smallest absolute Gasteiger partial charge is 0.193 e. The number of aliphatic imine (C=N–C) groups is 1. The molecular weight excluding hydrogens is 451 g/mol. The maximum absolute atomic E-state index is 4.76. The summed E-state index contributed by atoms with van der Waals surface area (Å²) in [5, 5.41) is 6.90. The van der Waals surface area contributed by atoms with Crippen molar-refractivity contribution in [3.05, 3.63) is 16.1 Å². The van der Waals surface area contributed by atoms with Crippen molar-refractivity contribution in [1.82, 2.24) is 15.2 Å². The summed E-state index contributed by atoms with van der Waals surface area (Å²) in [5.74, 6) is 2.18. The van der Waals surface area contributed by atoms with Crippen molar-refractivity contribution < 1.29 is 0 Å². The van der Waals surface area contributed by atoms with E-state index in [0.29, 0.717) is 4.75 Å². The van der Waals surface area contributed by atoms with Gasteiger partial charge < -0.3 is 10.2 Å². The van der Waals surface area contributed by atoms with Crippen LogP contribution in [-0.4, -0.2) is 53.0 Å². The molecule has 1 aromatic rings. The fourth-order valence-electron chi connectivity index (χ4n) is 2.58. The first kappa shape index (κ1) is 22.0.